The fourth-order valence-corrected chi connectivity index (χ4v) is 26.3. The molecule has 672 valence electrons. The van der Waals surface area contributed by atoms with Crippen LogP contribution in [0, 0.1) is 0 Å². The number of rotatable bonds is 12. The fraction of sp³-hybridized carbons (Fsp3) is 0.0222. The quantitative estimate of drug-likeness (QED) is 0.114. The largest absolute Gasteiger partial charge is 0.456 e. The number of fused-ring (bicyclic) bond motifs is 30. The van der Waals surface area contributed by atoms with Gasteiger partial charge in [-0.3, -0.25) is 0 Å². The van der Waals surface area contributed by atoms with Gasteiger partial charge in [0.05, 0.1) is 27.1 Å². The second-order valence-electron chi connectivity index (χ2n) is 37.9. The zero-order valence-electron chi connectivity index (χ0n) is 78.1. The van der Waals surface area contributed by atoms with E-state index in [0.29, 0.717) is 0 Å². The Morgan fingerprint density at radius 2 is 0.573 bits per heavy atom. The summed E-state index contributed by atoms with van der Waals surface area (Å²) in [6, 6.07) is 179. The summed E-state index contributed by atoms with van der Waals surface area (Å²) in [5.74, 6) is 0. The first-order chi connectivity index (χ1) is 70.7. The summed E-state index contributed by atoms with van der Waals surface area (Å²) in [6.45, 7) is 4.74. The molecule has 0 amide bonds. The molecule has 24 aromatic carbocycles. The minimum Gasteiger partial charge on any atom is -0.456 e. The van der Waals surface area contributed by atoms with E-state index < -0.39 is 0 Å². The molecule has 0 N–H and O–H groups in total. The highest BCUT2D eigenvalue weighted by Gasteiger charge is 2.37. The van der Waals surface area contributed by atoms with Crippen LogP contribution < -0.4 is 14.7 Å². The van der Waals surface area contributed by atoms with Crippen LogP contribution in [0.25, 0.3) is 214 Å². The molecule has 0 saturated carbocycles. The summed E-state index contributed by atoms with van der Waals surface area (Å²) >= 11 is 5.62. The minimum atomic E-state index is -0.0523. The lowest BCUT2D eigenvalue weighted by Gasteiger charge is -2.27. The van der Waals surface area contributed by atoms with Crippen LogP contribution in [0.4, 0.5) is 51.2 Å². The van der Waals surface area contributed by atoms with Crippen molar-refractivity contribution < 1.29 is 8.83 Å². The van der Waals surface area contributed by atoms with Crippen molar-refractivity contribution in [2.75, 3.05) is 14.7 Å². The summed E-state index contributed by atoms with van der Waals surface area (Å²) in [5.41, 5.74) is 26.1. The van der Waals surface area contributed by atoms with Gasteiger partial charge in [-0.25, -0.2) is 0 Å². The Kier molecular flexibility index (Phi) is 19.9. The average Bonchev–Trinajstić information content (AvgIpc) is 1.55. The first-order valence-corrected chi connectivity index (χ1v) is 51.3. The van der Waals surface area contributed by atoms with Gasteiger partial charge in [-0.1, -0.05) is 366 Å². The monoisotopic (exact) mass is 1880 g/mol. The predicted molar refractivity (Wildman–Crippen MR) is 616 cm³/mol. The van der Waals surface area contributed by atoms with E-state index in [0.717, 1.165) is 89.4 Å². The normalized spacial score (nSPS) is 12.3. The highest BCUT2D eigenvalue weighted by molar-refractivity contribution is 7.27. The molecule has 0 atom stereocenters. The third-order valence-electron chi connectivity index (χ3n) is 29.5. The molecule has 8 heteroatoms. The number of nitrogens with zero attached hydrogens (tertiary/aromatic N) is 3. The van der Waals surface area contributed by atoms with Crippen LogP contribution >= 0.6 is 34.0 Å². The molecule has 0 radical (unpaired) electrons. The molecular weight excluding hydrogens is 1790 g/mol. The van der Waals surface area contributed by atoms with E-state index in [9.17, 15) is 0 Å². The molecule has 0 aliphatic heterocycles. The standard InChI is InChI=1S/C47H33NS.2C44H27NOS/c1-47(2)40-16-8-6-14-38(40)45-41(47)28-24-33-20-19-32-23-27-35(29-39(32)44(33)45)48(34-25-21-31(22-26-34)30-11-4-3-5-12-30)42-17-10-15-37-36-13-7-9-18-43(36)49-46(37)42;1-2-10-28(11-3-1)31-12-8-13-32(26-31)45(38-17-9-16-35-34-14-4-6-18-39(34)46-44(35)38)33-24-22-29-20-21-30-23-25-41-43(42(30)37(29)27-33)36-15-5-7-19-40(36)47-41;1-2-10-28(11-3-1)31-12-8-13-32(26-31)45(37-16-9-18-39-43(37)34-14-4-6-17-38(34)46-39)33-24-22-29-20-21-30-23-25-41-44(42(30)36(29)27-33)35-15-5-7-19-40(35)47-41/h3-29H,1-2H3;2*1-27H. The van der Waals surface area contributed by atoms with Crippen LogP contribution in [0.2, 0.25) is 0 Å². The van der Waals surface area contributed by atoms with Gasteiger partial charge in [0, 0.05) is 112 Å². The van der Waals surface area contributed by atoms with Crippen molar-refractivity contribution in [3.05, 3.63) is 503 Å². The van der Waals surface area contributed by atoms with Gasteiger partial charge < -0.3 is 23.5 Å². The van der Waals surface area contributed by atoms with E-state index in [4.69, 9.17) is 8.83 Å². The Labute approximate surface area is 837 Å². The Morgan fingerprint density at radius 1 is 0.196 bits per heavy atom. The van der Waals surface area contributed by atoms with Gasteiger partial charge >= 0.3 is 0 Å². The second-order valence-corrected chi connectivity index (χ2v) is 41.2. The number of benzene rings is 24. The van der Waals surface area contributed by atoms with Gasteiger partial charge in [-0.05, 0) is 260 Å². The van der Waals surface area contributed by atoms with E-state index in [1.165, 1.54) is 186 Å². The van der Waals surface area contributed by atoms with Crippen LogP contribution in [-0.4, -0.2) is 0 Å². The lowest BCUT2D eigenvalue weighted by atomic mass is 9.82. The molecule has 5 nitrogen and oxygen atoms in total. The first-order valence-electron chi connectivity index (χ1n) is 48.9. The van der Waals surface area contributed by atoms with E-state index in [2.05, 4.69) is 508 Å². The van der Waals surface area contributed by atoms with Gasteiger partial charge in [0.15, 0.2) is 5.58 Å². The third kappa shape index (κ3) is 14.0. The van der Waals surface area contributed by atoms with Crippen molar-refractivity contribution in [1.82, 2.24) is 0 Å². The molecule has 143 heavy (non-hydrogen) atoms. The van der Waals surface area contributed by atoms with Gasteiger partial charge in [-0.15, -0.1) is 34.0 Å². The molecule has 0 bridgehead atoms. The van der Waals surface area contributed by atoms with E-state index in [1.54, 1.807) is 0 Å². The summed E-state index contributed by atoms with van der Waals surface area (Å²) in [4.78, 5) is 7.23. The van der Waals surface area contributed by atoms with Gasteiger partial charge in [0.2, 0.25) is 0 Å². The fourth-order valence-electron chi connectivity index (χ4n) is 22.8. The van der Waals surface area contributed by atoms with Crippen LogP contribution in [0.3, 0.4) is 0 Å². The van der Waals surface area contributed by atoms with Gasteiger partial charge in [-0.2, -0.15) is 0 Å². The van der Waals surface area contributed by atoms with Gasteiger partial charge in [0.1, 0.15) is 16.7 Å². The SMILES string of the molecule is CC1(C)c2ccccc2-c2c1ccc1ccc3ccc(N(c4ccc(-c5ccccc5)cc4)c4cccc5c4sc4ccccc45)cc3c21.c1ccc(-c2cccc(N(c3ccc4ccc5ccc6sc7ccccc7c6c5c4c3)c3cccc4c3oc3ccccc34)c2)cc1.c1ccc(-c2cccc(N(c3ccc4ccc5ccc6sc7ccccc7c6c5c4c3)c3cccc4oc5ccccc5c34)c2)cc1. The summed E-state index contributed by atoms with van der Waals surface area (Å²) in [7, 11) is 0. The molecule has 29 aromatic rings. The molecule has 0 spiro atoms. The van der Waals surface area contributed by atoms with E-state index in [1.807, 2.05) is 46.1 Å². The number of furan rings is 2. The predicted octanol–water partition coefficient (Wildman–Crippen LogP) is 40.6. The number of hydrogen-bond acceptors (Lipinski definition) is 8. The lowest BCUT2D eigenvalue weighted by molar-refractivity contribution is 0.661. The highest BCUT2D eigenvalue weighted by Crippen LogP contribution is 2.56. The van der Waals surface area contributed by atoms with Gasteiger partial charge in [0.25, 0.3) is 0 Å². The molecule has 1 aliphatic carbocycles. The molecular formula is C135H87N3O2S3. The highest BCUT2D eigenvalue weighted by atomic mass is 32.1. The minimum absolute atomic E-state index is 0.0523. The molecule has 0 saturated heterocycles. The first kappa shape index (κ1) is 83.6. The number of thiophene rings is 3. The average molecular weight is 1880 g/mol. The Balaban J connectivity index is 0.000000105. The van der Waals surface area contributed by atoms with Crippen molar-refractivity contribution in [2.45, 2.75) is 19.3 Å². The summed E-state index contributed by atoms with van der Waals surface area (Å²) < 4.78 is 20.9. The maximum atomic E-state index is 6.64. The smallest absolute Gasteiger partial charge is 0.159 e. The van der Waals surface area contributed by atoms with Crippen LogP contribution in [0.5, 0.6) is 0 Å². The van der Waals surface area contributed by atoms with Crippen LogP contribution in [0.1, 0.15) is 25.0 Å². The maximum Gasteiger partial charge on any atom is 0.159 e. The van der Waals surface area contributed by atoms with E-state index in [-0.39, 0.29) is 5.41 Å². The number of hydrogen-bond donors (Lipinski definition) is 0. The van der Waals surface area contributed by atoms with Crippen LogP contribution in [-0.2, 0) is 5.41 Å². The molecule has 0 fully saturated rings. The molecule has 1 aliphatic rings. The maximum absolute atomic E-state index is 6.64. The third-order valence-corrected chi connectivity index (χ3v) is 33.0. The second kappa shape index (κ2) is 34.0. The van der Waals surface area contributed by atoms with Crippen molar-refractivity contribution in [3.63, 3.8) is 0 Å². The van der Waals surface area contributed by atoms with Crippen molar-refractivity contribution >= 4 is 254 Å². The summed E-state index contributed by atoms with van der Waals surface area (Å²) in [5, 5.41) is 27.6. The van der Waals surface area contributed by atoms with Crippen molar-refractivity contribution in [1.29, 1.82) is 0 Å². The molecule has 5 heterocycles. The number of para-hydroxylation sites is 3. The Morgan fingerprint density at radius 3 is 1.16 bits per heavy atom. The lowest BCUT2D eigenvalue weighted by Crippen LogP contribution is -2.14. The topological polar surface area (TPSA) is 36.0 Å². The van der Waals surface area contributed by atoms with Crippen molar-refractivity contribution in [3.8, 4) is 44.5 Å². The summed E-state index contributed by atoms with van der Waals surface area (Å²) in [6.07, 6.45) is 0. The number of anilines is 9. The molecule has 30 rings (SSSR count). The van der Waals surface area contributed by atoms with Crippen LogP contribution in [0.15, 0.2) is 500 Å². The zero-order valence-corrected chi connectivity index (χ0v) is 80.6. The van der Waals surface area contributed by atoms with Crippen molar-refractivity contribution in [2.24, 2.45) is 0 Å². The molecule has 5 aromatic heterocycles. The zero-order chi connectivity index (χ0) is 94.5. The molecule has 0 unspecified atom stereocenters. The van der Waals surface area contributed by atoms with E-state index >= 15 is 0 Å². The Hall–Kier alpha value is -17.5. The Bertz CT molecular complexity index is 10200.